The lowest BCUT2D eigenvalue weighted by Crippen LogP contribution is -2.17. The number of rotatable bonds is 5. The normalized spacial score (nSPS) is 14.4. The van der Waals surface area contributed by atoms with Crippen LogP contribution >= 0.6 is 0 Å². The van der Waals surface area contributed by atoms with Gasteiger partial charge in [-0.2, -0.15) is 0 Å². The number of ether oxygens (including phenoxy) is 2. The van der Waals surface area contributed by atoms with Crippen LogP contribution in [-0.2, 0) is 4.74 Å². The molecule has 0 amide bonds. The van der Waals surface area contributed by atoms with Gasteiger partial charge in [-0.1, -0.05) is 6.07 Å². The lowest BCUT2D eigenvalue weighted by molar-refractivity contribution is 0.0696. The van der Waals surface area contributed by atoms with Crippen LogP contribution < -0.4 is 4.74 Å². The fraction of sp³-hybridized carbons (Fsp3) is 0.222. The lowest BCUT2D eigenvalue weighted by Gasteiger charge is -2.26. The van der Waals surface area contributed by atoms with Gasteiger partial charge in [0.25, 0.3) is 0 Å². The van der Waals surface area contributed by atoms with Crippen LogP contribution in [-0.4, -0.2) is 41.1 Å². The number of carboxylic acid groups (broad SMARTS) is 1. The molecule has 0 aliphatic carbocycles. The Morgan fingerprint density at radius 3 is 2.50 bits per heavy atom. The van der Waals surface area contributed by atoms with E-state index in [0.717, 1.165) is 35.3 Å². The van der Waals surface area contributed by atoms with E-state index in [2.05, 4.69) is 0 Å². The second-order valence-corrected chi connectivity index (χ2v) is 8.39. The van der Waals surface area contributed by atoms with Gasteiger partial charge in [0.05, 0.1) is 18.2 Å². The molecule has 174 valence electrons. The molecule has 0 radical (unpaired) electrons. The molecule has 0 unspecified atom stereocenters. The Labute approximate surface area is 195 Å². The number of fused-ring (bicyclic) bond motifs is 1. The fourth-order valence-electron chi connectivity index (χ4n) is 4.84. The van der Waals surface area contributed by atoms with E-state index in [1.165, 1.54) is 25.3 Å². The van der Waals surface area contributed by atoms with Gasteiger partial charge >= 0.3 is 5.97 Å². The van der Waals surface area contributed by atoms with Gasteiger partial charge in [0.1, 0.15) is 17.3 Å². The first-order valence-electron chi connectivity index (χ1n) is 11.1. The van der Waals surface area contributed by atoms with Gasteiger partial charge in [-0.25, -0.2) is 9.18 Å². The molecule has 3 aromatic carbocycles. The van der Waals surface area contributed by atoms with Crippen LogP contribution in [0.5, 0.6) is 11.5 Å². The third-order valence-electron chi connectivity index (χ3n) is 6.38. The fourth-order valence-corrected chi connectivity index (χ4v) is 4.84. The first kappa shape index (κ1) is 22.0. The number of halogens is 1. The zero-order chi connectivity index (χ0) is 23.8. The topological polar surface area (TPSA) is 80.9 Å². The van der Waals surface area contributed by atoms with E-state index in [9.17, 15) is 19.4 Å². The Kier molecular flexibility index (Phi) is 5.71. The summed E-state index contributed by atoms with van der Waals surface area (Å²) >= 11 is 0. The van der Waals surface area contributed by atoms with Crippen LogP contribution in [0.15, 0.2) is 60.7 Å². The molecule has 2 N–H and O–H groups in total. The van der Waals surface area contributed by atoms with Gasteiger partial charge < -0.3 is 24.3 Å². The largest absolute Gasteiger partial charge is 0.507 e. The van der Waals surface area contributed by atoms with Crippen molar-refractivity contribution in [3.05, 3.63) is 77.7 Å². The molecule has 1 fully saturated rings. The number of aromatic carboxylic acids is 1. The number of methoxy groups -OCH3 is 1. The van der Waals surface area contributed by atoms with E-state index < -0.39 is 5.97 Å². The average molecular weight is 461 g/mol. The van der Waals surface area contributed by atoms with Crippen LogP contribution in [0.1, 0.15) is 34.8 Å². The van der Waals surface area contributed by atoms with Crippen molar-refractivity contribution >= 4 is 16.9 Å². The maximum Gasteiger partial charge on any atom is 0.335 e. The first-order valence-corrected chi connectivity index (χ1v) is 11.1. The van der Waals surface area contributed by atoms with Gasteiger partial charge in [0.15, 0.2) is 0 Å². The van der Waals surface area contributed by atoms with Crippen molar-refractivity contribution in [3.8, 4) is 28.3 Å². The van der Waals surface area contributed by atoms with Gasteiger partial charge in [-0.15, -0.1) is 0 Å². The monoisotopic (exact) mass is 461 g/mol. The second-order valence-electron chi connectivity index (χ2n) is 8.39. The molecule has 1 saturated heterocycles. The summed E-state index contributed by atoms with van der Waals surface area (Å²) in [6.07, 6.45) is 1.53. The third-order valence-corrected chi connectivity index (χ3v) is 6.38. The Morgan fingerprint density at radius 1 is 1.09 bits per heavy atom. The number of benzene rings is 3. The summed E-state index contributed by atoms with van der Waals surface area (Å²) in [5, 5.41) is 21.3. The van der Waals surface area contributed by atoms with E-state index in [-0.39, 0.29) is 23.0 Å². The number of carbonyl (C=O) groups is 1. The quantitative estimate of drug-likeness (QED) is 0.396. The third kappa shape index (κ3) is 3.78. The molecule has 5 rings (SSSR count). The van der Waals surface area contributed by atoms with E-state index in [4.69, 9.17) is 9.47 Å². The molecule has 1 aromatic heterocycles. The number of hydrogen-bond donors (Lipinski definition) is 2. The Bertz CT molecular complexity index is 1370. The molecule has 34 heavy (non-hydrogen) atoms. The molecule has 0 spiro atoms. The minimum Gasteiger partial charge on any atom is -0.507 e. The van der Waals surface area contributed by atoms with Crippen molar-refractivity contribution < 1.29 is 28.9 Å². The van der Waals surface area contributed by atoms with Gasteiger partial charge in [0, 0.05) is 41.5 Å². The molecular weight excluding hydrogens is 437 g/mol. The highest BCUT2D eigenvalue weighted by Crippen LogP contribution is 2.47. The van der Waals surface area contributed by atoms with E-state index >= 15 is 0 Å². The Hall–Kier alpha value is -3.84. The average Bonchev–Trinajstić information content (AvgIpc) is 3.21. The van der Waals surface area contributed by atoms with E-state index in [0.29, 0.717) is 29.9 Å². The number of phenolic OH excluding ortho intramolecular Hbond substituents is 1. The number of carboxylic acids is 1. The van der Waals surface area contributed by atoms with Crippen LogP contribution in [0.3, 0.4) is 0 Å². The summed E-state index contributed by atoms with van der Waals surface area (Å²) in [7, 11) is 1.49. The highest BCUT2D eigenvalue weighted by molar-refractivity contribution is 6.04. The smallest absolute Gasteiger partial charge is 0.335 e. The lowest BCUT2D eigenvalue weighted by atomic mass is 9.89. The van der Waals surface area contributed by atoms with Crippen molar-refractivity contribution in [2.24, 2.45) is 0 Å². The van der Waals surface area contributed by atoms with Gasteiger partial charge in [-0.05, 0) is 73.0 Å². The zero-order valence-corrected chi connectivity index (χ0v) is 18.6. The predicted octanol–water partition coefficient (Wildman–Crippen LogP) is 5.74. The molecule has 7 heteroatoms. The molecule has 2 heterocycles. The molecular formula is C27H24FNO5. The standard InChI is InChI=1S/C27H24FNO5/c1-33-21-14-17(13-18(15-21)27(31)32)24-25-22(3-2-4-23(25)30)29(20-7-5-19(28)6-8-20)26(24)16-9-11-34-12-10-16/h2-8,13-16,30H,9-12H2,1H3,(H,31,32). The predicted molar refractivity (Wildman–Crippen MR) is 127 cm³/mol. The Morgan fingerprint density at radius 2 is 1.82 bits per heavy atom. The summed E-state index contributed by atoms with van der Waals surface area (Å²) in [4.78, 5) is 11.9. The molecule has 1 aliphatic heterocycles. The number of aromatic hydroxyl groups is 1. The summed E-state index contributed by atoms with van der Waals surface area (Å²) in [6.45, 7) is 1.19. The molecule has 0 bridgehead atoms. The van der Waals surface area contributed by atoms with Crippen LogP contribution in [0.4, 0.5) is 4.39 Å². The van der Waals surface area contributed by atoms with Gasteiger partial charge in [0.2, 0.25) is 0 Å². The number of hydrogen-bond acceptors (Lipinski definition) is 4. The maximum atomic E-state index is 13.8. The first-order chi connectivity index (χ1) is 16.5. The van der Waals surface area contributed by atoms with E-state index in [1.807, 2.05) is 10.6 Å². The summed E-state index contributed by atoms with van der Waals surface area (Å²) in [5.41, 5.74) is 3.90. The van der Waals surface area contributed by atoms with Crippen molar-refractivity contribution in [1.29, 1.82) is 0 Å². The second kappa shape index (κ2) is 8.83. The van der Waals surface area contributed by atoms with Gasteiger partial charge in [-0.3, -0.25) is 0 Å². The number of nitrogens with zero attached hydrogens (tertiary/aromatic N) is 1. The van der Waals surface area contributed by atoms with Crippen LogP contribution in [0.25, 0.3) is 27.7 Å². The minimum atomic E-state index is -1.07. The van der Waals surface area contributed by atoms with Crippen LogP contribution in [0, 0.1) is 5.82 Å². The molecule has 1 aliphatic rings. The summed E-state index contributed by atoms with van der Waals surface area (Å²) < 4.78 is 26.8. The number of phenols is 1. The molecule has 4 aromatic rings. The van der Waals surface area contributed by atoms with Crippen molar-refractivity contribution in [2.45, 2.75) is 18.8 Å². The van der Waals surface area contributed by atoms with Crippen molar-refractivity contribution in [3.63, 3.8) is 0 Å². The van der Waals surface area contributed by atoms with Crippen LogP contribution in [0.2, 0.25) is 0 Å². The van der Waals surface area contributed by atoms with E-state index in [1.54, 1.807) is 36.4 Å². The molecule has 0 atom stereocenters. The summed E-state index contributed by atoms with van der Waals surface area (Å²) in [5.74, 6) is -0.832. The minimum absolute atomic E-state index is 0.0834. The molecule has 0 saturated carbocycles. The van der Waals surface area contributed by atoms with Crippen molar-refractivity contribution in [1.82, 2.24) is 4.57 Å². The highest BCUT2D eigenvalue weighted by Gasteiger charge is 2.29. The Balaban J connectivity index is 1.91. The zero-order valence-electron chi connectivity index (χ0n) is 18.6. The maximum absolute atomic E-state index is 13.8. The summed E-state index contributed by atoms with van der Waals surface area (Å²) in [6, 6.07) is 16.4. The van der Waals surface area contributed by atoms with Crippen molar-refractivity contribution in [2.75, 3.05) is 20.3 Å². The highest BCUT2D eigenvalue weighted by atomic mass is 19.1. The SMILES string of the molecule is COc1cc(C(=O)O)cc(-c2c(C3CCOCC3)n(-c3ccc(F)cc3)c3cccc(O)c23)c1. The molecule has 6 nitrogen and oxygen atoms in total. The number of aromatic nitrogens is 1.